The van der Waals surface area contributed by atoms with Gasteiger partial charge < -0.3 is 10.2 Å². The molecule has 1 saturated heterocycles. The number of hydrogen-bond acceptors (Lipinski definition) is 4. The highest BCUT2D eigenvalue weighted by Gasteiger charge is 2.16. The molecule has 1 unspecified atom stereocenters. The Bertz CT molecular complexity index is 368. The topological polar surface area (TPSA) is 31.4 Å². The fraction of sp³-hybridized carbons (Fsp3) is 0.667. The van der Waals surface area contributed by atoms with Crippen molar-refractivity contribution in [3.05, 3.63) is 24.0 Å². The van der Waals surface area contributed by atoms with Gasteiger partial charge in [-0.05, 0) is 39.1 Å². The van der Waals surface area contributed by atoms with Gasteiger partial charge in [-0.1, -0.05) is 6.92 Å². The van der Waals surface area contributed by atoms with E-state index in [0.717, 1.165) is 18.8 Å². The standard InChI is InChI=1S/C15H26N4/c1-4-7-18-8-10-19(11-9-18)14-5-6-15(17-12-14)13(2)16-3/h5-6,12-13,16H,4,7-11H2,1-3H3. The third kappa shape index (κ3) is 3.67. The summed E-state index contributed by atoms with van der Waals surface area (Å²) in [5, 5.41) is 3.22. The SMILES string of the molecule is CCCN1CCN(c2ccc(C(C)NC)nc2)CC1. The van der Waals surface area contributed by atoms with Gasteiger partial charge in [0.05, 0.1) is 17.6 Å². The van der Waals surface area contributed by atoms with Crippen LogP contribution in [0, 0.1) is 0 Å². The molecule has 1 fully saturated rings. The van der Waals surface area contributed by atoms with Crippen molar-refractivity contribution in [1.29, 1.82) is 0 Å². The molecule has 1 aromatic heterocycles. The second kappa shape index (κ2) is 6.87. The highest BCUT2D eigenvalue weighted by Crippen LogP contribution is 2.18. The predicted octanol–water partition coefficient (Wildman–Crippen LogP) is 1.89. The lowest BCUT2D eigenvalue weighted by Gasteiger charge is -2.35. The minimum atomic E-state index is 0.315. The third-order valence-corrected chi connectivity index (χ3v) is 3.92. The highest BCUT2D eigenvalue weighted by atomic mass is 15.3. The van der Waals surface area contributed by atoms with Crippen LogP contribution in [-0.2, 0) is 0 Å². The van der Waals surface area contributed by atoms with Crippen molar-refractivity contribution >= 4 is 5.69 Å². The molecule has 0 radical (unpaired) electrons. The fourth-order valence-corrected chi connectivity index (χ4v) is 2.53. The van der Waals surface area contributed by atoms with E-state index in [1.807, 2.05) is 13.2 Å². The first-order valence-corrected chi connectivity index (χ1v) is 7.35. The first-order chi connectivity index (χ1) is 9.24. The van der Waals surface area contributed by atoms with E-state index < -0.39 is 0 Å². The minimum absolute atomic E-state index is 0.315. The van der Waals surface area contributed by atoms with Gasteiger partial charge >= 0.3 is 0 Å². The Morgan fingerprint density at radius 2 is 2.00 bits per heavy atom. The molecule has 1 aliphatic heterocycles. The van der Waals surface area contributed by atoms with E-state index >= 15 is 0 Å². The highest BCUT2D eigenvalue weighted by molar-refractivity contribution is 5.45. The number of pyridine rings is 1. The van der Waals surface area contributed by atoms with Crippen molar-refractivity contribution in [2.45, 2.75) is 26.3 Å². The quantitative estimate of drug-likeness (QED) is 0.878. The lowest BCUT2D eigenvalue weighted by atomic mass is 10.2. The molecule has 4 nitrogen and oxygen atoms in total. The second-order valence-electron chi connectivity index (χ2n) is 5.28. The summed E-state index contributed by atoms with van der Waals surface area (Å²) < 4.78 is 0. The number of nitrogens with one attached hydrogen (secondary N) is 1. The number of rotatable bonds is 5. The molecule has 0 spiro atoms. The van der Waals surface area contributed by atoms with E-state index in [1.165, 1.54) is 31.7 Å². The first-order valence-electron chi connectivity index (χ1n) is 7.35. The van der Waals surface area contributed by atoms with Gasteiger partial charge in [-0.2, -0.15) is 0 Å². The fourth-order valence-electron chi connectivity index (χ4n) is 2.53. The summed E-state index contributed by atoms with van der Waals surface area (Å²) in [7, 11) is 1.97. The van der Waals surface area contributed by atoms with Crippen LogP contribution >= 0.6 is 0 Å². The summed E-state index contributed by atoms with van der Waals surface area (Å²) in [4.78, 5) is 9.54. The summed E-state index contributed by atoms with van der Waals surface area (Å²) in [6.45, 7) is 10.2. The molecule has 106 valence electrons. The largest absolute Gasteiger partial charge is 0.368 e. The number of anilines is 1. The van der Waals surface area contributed by atoms with Gasteiger partial charge in [0.25, 0.3) is 0 Å². The van der Waals surface area contributed by atoms with Crippen LogP contribution in [0.3, 0.4) is 0 Å². The maximum absolute atomic E-state index is 4.56. The van der Waals surface area contributed by atoms with Crippen LogP contribution < -0.4 is 10.2 Å². The maximum Gasteiger partial charge on any atom is 0.0571 e. The monoisotopic (exact) mass is 262 g/mol. The summed E-state index contributed by atoms with van der Waals surface area (Å²) in [6, 6.07) is 4.65. The predicted molar refractivity (Wildman–Crippen MR) is 80.7 cm³/mol. The Kier molecular flexibility index (Phi) is 5.16. The zero-order valence-electron chi connectivity index (χ0n) is 12.4. The number of nitrogens with zero attached hydrogens (tertiary/aromatic N) is 3. The molecule has 0 aliphatic carbocycles. The maximum atomic E-state index is 4.56. The molecule has 1 atom stereocenters. The number of piperazine rings is 1. The van der Waals surface area contributed by atoms with Gasteiger partial charge in [0.15, 0.2) is 0 Å². The molecule has 2 rings (SSSR count). The van der Waals surface area contributed by atoms with Gasteiger partial charge in [0.2, 0.25) is 0 Å². The van der Waals surface area contributed by atoms with Gasteiger partial charge in [0.1, 0.15) is 0 Å². The van der Waals surface area contributed by atoms with Gasteiger partial charge in [-0.15, -0.1) is 0 Å². The van der Waals surface area contributed by atoms with Crippen LogP contribution in [0.5, 0.6) is 0 Å². The van der Waals surface area contributed by atoms with Crippen LogP contribution in [0.25, 0.3) is 0 Å². The molecule has 0 aromatic carbocycles. The molecule has 1 aliphatic rings. The Hall–Kier alpha value is -1.13. The Morgan fingerprint density at radius 1 is 1.26 bits per heavy atom. The Labute approximate surface area is 116 Å². The zero-order chi connectivity index (χ0) is 13.7. The Morgan fingerprint density at radius 3 is 2.53 bits per heavy atom. The van der Waals surface area contributed by atoms with E-state index in [0.29, 0.717) is 6.04 Å². The van der Waals surface area contributed by atoms with Crippen molar-refractivity contribution in [3.63, 3.8) is 0 Å². The molecular weight excluding hydrogens is 236 g/mol. The summed E-state index contributed by atoms with van der Waals surface area (Å²) in [6.07, 6.45) is 3.26. The molecule has 0 saturated carbocycles. The van der Waals surface area contributed by atoms with Crippen molar-refractivity contribution in [2.75, 3.05) is 44.7 Å². The van der Waals surface area contributed by atoms with Crippen molar-refractivity contribution in [2.24, 2.45) is 0 Å². The van der Waals surface area contributed by atoms with Crippen LogP contribution in [0.1, 0.15) is 32.0 Å². The number of aromatic nitrogens is 1. The molecule has 1 aromatic rings. The van der Waals surface area contributed by atoms with Gasteiger partial charge in [-0.3, -0.25) is 9.88 Å². The van der Waals surface area contributed by atoms with Crippen molar-refractivity contribution in [3.8, 4) is 0 Å². The molecular formula is C15H26N4. The van der Waals surface area contributed by atoms with E-state index in [1.54, 1.807) is 0 Å². The molecule has 19 heavy (non-hydrogen) atoms. The Balaban J connectivity index is 1.92. The van der Waals surface area contributed by atoms with Crippen LogP contribution in [0.2, 0.25) is 0 Å². The van der Waals surface area contributed by atoms with E-state index in [-0.39, 0.29) is 0 Å². The third-order valence-electron chi connectivity index (χ3n) is 3.92. The van der Waals surface area contributed by atoms with E-state index in [9.17, 15) is 0 Å². The van der Waals surface area contributed by atoms with Crippen LogP contribution in [0.4, 0.5) is 5.69 Å². The first kappa shape index (κ1) is 14.3. The smallest absolute Gasteiger partial charge is 0.0571 e. The lowest BCUT2D eigenvalue weighted by molar-refractivity contribution is 0.258. The second-order valence-corrected chi connectivity index (χ2v) is 5.28. The summed E-state index contributed by atoms with van der Waals surface area (Å²) >= 11 is 0. The zero-order valence-corrected chi connectivity index (χ0v) is 12.4. The summed E-state index contributed by atoms with van der Waals surface area (Å²) in [5.74, 6) is 0. The van der Waals surface area contributed by atoms with Crippen molar-refractivity contribution in [1.82, 2.24) is 15.2 Å². The van der Waals surface area contributed by atoms with E-state index in [2.05, 4.69) is 46.1 Å². The lowest BCUT2D eigenvalue weighted by Crippen LogP contribution is -2.46. The molecule has 0 amide bonds. The average molecular weight is 262 g/mol. The van der Waals surface area contributed by atoms with Crippen LogP contribution in [-0.4, -0.2) is 49.7 Å². The molecule has 0 bridgehead atoms. The molecule has 1 N–H and O–H groups in total. The number of hydrogen-bond donors (Lipinski definition) is 1. The average Bonchev–Trinajstić information content (AvgIpc) is 2.48. The van der Waals surface area contributed by atoms with Crippen LogP contribution in [0.15, 0.2) is 18.3 Å². The van der Waals surface area contributed by atoms with Crippen molar-refractivity contribution < 1.29 is 0 Å². The van der Waals surface area contributed by atoms with E-state index in [4.69, 9.17) is 0 Å². The summed E-state index contributed by atoms with van der Waals surface area (Å²) in [5.41, 5.74) is 2.36. The molecule has 2 heterocycles. The van der Waals surface area contributed by atoms with Gasteiger partial charge in [-0.25, -0.2) is 0 Å². The van der Waals surface area contributed by atoms with Gasteiger partial charge in [0, 0.05) is 32.2 Å². The minimum Gasteiger partial charge on any atom is -0.368 e. The normalized spacial score (nSPS) is 18.6. The molecule has 4 heteroatoms.